The van der Waals surface area contributed by atoms with E-state index in [1.807, 2.05) is 22.8 Å². The van der Waals surface area contributed by atoms with Crippen LogP contribution in [-0.4, -0.2) is 21.7 Å². The van der Waals surface area contributed by atoms with E-state index < -0.39 is 0 Å². The van der Waals surface area contributed by atoms with Crippen LogP contribution in [0.5, 0.6) is 5.75 Å². The minimum absolute atomic E-state index is 0.876. The Kier molecular flexibility index (Phi) is 5.37. The van der Waals surface area contributed by atoms with Crippen LogP contribution in [0.15, 0.2) is 30.5 Å². The number of benzene rings is 1. The number of aromatic nitrogens is 3. The van der Waals surface area contributed by atoms with Crippen LogP contribution in [-0.2, 0) is 12.8 Å². The number of fused-ring (bicyclic) bond motifs is 1. The number of nitrogens with zero attached hydrogens (tertiary/aromatic N) is 3. The van der Waals surface area contributed by atoms with E-state index >= 15 is 0 Å². The fraction of sp³-hybridized carbons (Fsp3) is 0.429. The molecule has 4 nitrogen and oxygen atoms in total. The summed E-state index contributed by atoms with van der Waals surface area (Å²) in [5.41, 5.74) is 6.90. The molecule has 0 atom stereocenters. The summed E-state index contributed by atoms with van der Waals surface area (Å²) >= 11 is 0. The third-order valence-electron chi connectivity index (χ3n) is 4.77. The summed E-state index contributed by atoms with van der Waals surface area (Å²) in [6.07, 6.45) is 7.56. The number of unbranched alkanes of at least 4 members (excludes halogenated alkanes) is 2. The van der Waals surface area contributed by atoms with Crippen LogP contribution in [0.3, 0.4) is 0 Å². The first-order valence-corrected chi connectivity index (χ1v) is 9.20. The lowest BCUT2D eigenvalue weighted by atomic mass is 10.0. The largest absolute Gasteiger partial charge is 0.497 e. The molecule has 0 radical (unpaired) electrons. The van der Waals surface area contributed by atoms with E-state index in [4.69, 9.17) is 9.84 Å². The molecule has 0 fully saturated rings. The molecule has 132 valence electrons. The summed E-state index contributed by atoms with van der Waals surface area (Å²) in [5, 5.41) is 4.89. The smallest absolute Gasteiger partial charge is 0.159 e. The standard InChI is InChI=1S/C21H27N3O/c1-5-7-8-9-18-19(6-2)23-24-20(12-13-22-21(18)24)17-11-10-16(25-4)14-15(17)3/h10-14H,5-9H2,1-4H3. The molecule has 0 amide bonds. The average Bonchev–Trinajstić information content (AvgIpc) is 3.00. The van der Waals surface area contributed by atoms with E-state index in [-0.39, 0.29) is 0 Å². The molecule has 25 heavy (non-hydrogen) atoms. The zero-order valence-corrected chi connectivity index (χ0v) is 15.7. The second kappa shape index (κ2) is 7.68. The molecular formula is C21H27N3O. The lowest BCUT2D eigenvalue weighted by molar-refractivity contribution is 0.414. The van der Waals surface area contributed by atoms with E-state index in [0.717, 1.165) is 29.9 Å². The summed E-state index contributed by atoms with van der Waals surface area (Å²) in [6, 6.07) is 8.21. The van der Waals surface area contributed by atoms with E-state index in [2.05, 4.69) is 37.9 Å². The van der Waals surface area contributed by atoms with Crippen molar-refractivity contribution in [1.29, 1.82) is 0 Å². The maximum Gasteiger partial charge on any atom is 0.159 e. The number of hydrogen-bond donors (Lipinski definition) is 0. The van der Waals surface area contributed by atoms with Gasteiger partial charge in [-0.3, -0.25) is 0 Å². The zero-order chi connectivity index (χ0) is 17.8. The van der Waals surface area contributed by atoms with Crippen LogP contribution in [0.2, 0.25) is 0 Å². The predicted molar refractivity (Wildman–Crippen MR) is 102 cm³/mol. The van der Waals surface area contributed by atoms with Crippen molar-refractivity contribution in [3.8, 4) is 17.0 Å². The van der Waals surface area contributed by atoms with Crippen molar-refractivity contribution < 1.29 is 4.74 Å². The van der Waals surface area contributed by atoms with E-state index in [1.165, 1.54) is 41.6 Å². The second-order valence-corrected chi connectivity index (χ2v) is 6.48. The fourth-order valence-electron chi connectivity index (χ4n) is 3.38. The van der Waals surface area contributed by atoms with Gasteiger partial charge < -0.3 is 4.74 Å². The highest BCUT2D eigenvalue weighted by Gasteiger charge is 2.16. The number of ether oxygens (including phenoxy) is 1. The maximum absolute atomic E-state index is 5.33. The normalized spacial score (nSPS) is 11.2. The minimum Gasteiger partial charge on any atom is -0.497 e. The van der Waals surface area contributed by atoms with Crippen LogP contribution in [0.1, 0.15) is 49.9 Å². The van der Waals surface area contributed by atoms with Gasteiger partial charge in [0.1, 0.15) is 5.75 Å². The van der Waals surface area contributed by atoms with Gasteiger partial charge in [-0.1, -0.05) is 26.7 Å². The summed E-state index contributed by atoms with van der Waals surface area (Å²) in [4.78, 5) is 4.65. The Morgan fingerprint density at radius 3 is 2.64 bits per heavy atom. The van der Waals surface area contributed by atoms with Crippen molar-refractivity contribution >= 4 is 5.65 Å². The lowest BCUT2D eigenvalue weighted by Crippen LogP contribution is -1.98. The lowest BCUT2D eigenvalue weighted by Gasteiger charge is -2.10. The van der Waals surface area contributed by atoms with Crippen molar-refractivity contribution in [1.82, 2.24) is 14.6 Å². The van der Waals surface area contributed by atoms with E-state index in [0.29, 0.717) is 0 Å². The molecule has 0 aliphatic heterocycles. The van der Waals surface area contributed by atoms with Crippen molar-refractivity contribution in [3.63, 3.8) is 0 Å². The number of methoxy groups -OCH3 is 1. The fourth-order valence-corrected chi connectivity index (χ4v) is 3.38. The minimum atomic E-state index is 0.876. The summed E-state index contributed by atoms with van der Waals surface area (Å²) in [6.45, 7) is 6.51. The van der Waals surface area contributed by atoms with Gasteiger partial charge >= 0.3 is 0 Å². The number of aryl methyl sites for hydroxylation is 3. The van der Waals surface area contributed by atoms with Gasteiger partial charge in [0.2, 0.25) is 0 Å². The Morgan fingerprint density at radius 1 is 1.12 bits per heavy atom. The molecule has 0 N–H and O–H groups in total. The second-order valence-electron chi connectivity index (χ2n) is 6.48. The molecule has 0 bridgehead atoms. The molecule has 1 aromatic carbocycles. The first-order valence-electron chi connectivity index (χ1n) is 9.20. The molecule has 3 rings (SSSR count). The quantitative estimate of drug-likeness (QED) is 0.569. The third kappa shape index (κ3) is 3.39. The van der Waals surface area contributed by atoms with E-state index in [9.17, 15) is 0 Å². The molecule has 0 aliphatic carbocycles. The Labute approximate surface area is 149 Å². The van der Waals surface area contributed by atoms with Crippen molar-refractivity contribution in [2.24, 2.45) is 0 Å². The van der Waals surface area contributed by atoms with Gasteiger partial charge in [0.15, 0.2) is 5.65 Å². The molecule has 0 spiro atoms. The van der Waals surface area contributed by atoms with Crippen LogP contribution in [0, 0.1) is 6.92 Å². The molecule has 0 saturated carbocycles. The Bertz CT molecular complexity index is 867. The first kappa shape index (κ1) is 17.5. The van der Waals surface area contributed by atoms with Crippen molar-refractivity contribution in [2.45, 2.75) is 52.9 Å². The number of hydrogen-bond acceptors (Lipinski definition) is 3. The Morgan fingerprint density at radius 2 is 1.96 bits per heavy atom. The van der Waals surface area contributed by atoms with Gasteiger partial charge in [-0.25, -0.2) is 9.50 Å². The monoisotopic (exact) mass is 337 g/mol. The van der Waals surface area contributed by atoms with Crippen molar-refractivity contribution in [2.75, 3.05) is 7.11 Å². The van der Waals surface area contributed by atoms with Gasteiger partial charge in [0, 0.05) is 17.3 Å². The summed E-state index contributed by atoms with van der Waals surface area (Å²) in [7, 11) is 1.70. The van der Waals surface area contributed by atoms with Gasteiger partial charge in [-0.15, -0.1) is 0 Å². The predicted octanol–water partition coefficient (Wildman–Crippen LogP) is 5.01. The highest BCUT2D eigenvalue weighted by Crippen LogP contribution is 2.28. The molecule has 0 saturated heterocycles. The first-order chi connectivity index (χ1) is 12.2. The molecule has 0 unspecified atom stereocenters. The van der Waals surface area contributed by atoms with Gasteiger partial charge in [0.25, 0.3) is 0 Å². The topological polar surface area (TPSA) is 39.4 Å². The molecule has 3 aromatic rings. The highest BCUT2D eigenvalue weighted by molar-refractivity contribution is 5.68. The summed E-state index contributed by atoms with van der Waals surface area (Å²) < 4.78 is 7.36. The van der Waals surface area contributed by atoms with Gasteiger partial charge in [-0.2, -0.15) is 5.10 Å². The maximum atomic E-state index is 5.33. The average molecular weight is 337 g/mol. The van der Waals surface area contributed by atoms with Crippen LogP contribution in [0.25, 0.3) is 16.9 Å². The zero-order valence-electron chi connectivity index (χ0n) is 15.7. The van der Waals surface area contributed by atoms with Crippen molar-refractivity contribution in [3.05, 3.63) is 47.3 Å². The number of rotatable bonds is 7. The third-order valence-corrected chi connectivity index (χ3v) is 4.77. The van der Waals surface area contributed by atoms with Gasteiger partial charge in [0.05, 0.1) is 18.5 Å². The van der Waals surface area contributed by atoms with Gasteiger partial charge in [-0.05, 0) is 56.0 Å². The molecular weight excluding hydrogens is 310 g/mol. The Hall–Kier alpha value is -2.36. The molecule has 4 heteroatoms. The molecule has 2 aromatic heterocycles. The van der Waals surface area contributed by atoms with E-state index in [1.54, 1.807) is 7.11 Å². The Balaban J connectivity index is 2.11. The van der Waals surface area contributed by atoms with Crippen LogP contribution in [0.4, 0.5) is 0 Å². The highest BCUT2D eigenvalue weighted by atomic mass is 16.5. The molecule has 0 aliphatic rings. The summed E-state index contributed by atoms with van der Waals surface area (Å²) in [5.74, 6) is 0.876. The van der Waals surface area contributed by atoms with Crippen LogP contribution < -0.4 is 4.74 Å². The van der Waals surface area contributed by atoms with Crippen LogP contribution >= 0.6 is 0 Å². The molecule has 2 heterocycles. The SMILES string of the molecule is CCCCCc1c(CC)nn2c(-c3ccc(OC)cc3C)ccnc12.